The number of methoxy groups -OCH3 is 1. The second-order valence-corrected chi connectivity index (χ2v) is 3.70. The summed E-state index contributed by atoms with van der Waals surface area (Å²) in [6.07, 6.45) is 2.61. The van der Waals surface area contributed by atoms with Crippen LogP contribution in [-0.4, -0.2) is 44.6 Å². The number of aliphatic carboxylic acids is 1. The van der Waals surface area contributed by atoms with Crippen molar-refractivity contribution < 1.29 is 24.1 Å². The third kappa shape index (κ3) is 7.23. The van der Waals surface area contributed by atoms with E-state index in [0.717, 1.165) is 11.6 Å². The fourth-order valence-corrected chi connectivity index (χ4v) is 1.34. The highest BCUT2D eigenvalue weighted by Crippen LogP contribution is 2.14. The highest BCUT2D eigenvalue weighted by atomic mass is 16.5. The van der Waals surface area contributed by atoms with Crippen molar-refractivity contribution in [2.75, 3.05) is 33.5 Å². The standard InChI is InChI=1S/C14H18O5/c1-17-7-8-18-9-10-19-13-4-2-3-12(11-13)5-6-14(15)16/h2-6,11H,7-10H2,1H3,(H,15,16). The second kappa shape index (κ2) is 9.13. The van der Waals surface area contributed by atoms with Crippen molar-refractivity contribution in [2.45, 2.75) is 0 Å². The van der Waals surface area contributed by atoms with Crippen LogP contribution in [-0.2, 0) is 14.3 Å². The van der Waals surface area contributed by atoms with Gasteiger partial charge in [-0.1, -0.05) is 12.1 Å². The minimum absolute atomic E-state index is 0.440. The van der Waals surface area contributed by atoms with E-state index in [0.29, 0.717) is 32.2 Å². The minimum Gasteiger partial charge on any atom is -0.491 e. The molecule has 19 heavy (non-hydrogen) atoms. The Morgan fingerprint density at radius 2 is 2.05 bits per heavy atom. The number of hydrogen-bond donors (Lipinski definition) is 1. The molecule has 0 amide bonds. The first-order valence-electron chi connectivity index (χ1n) is 5.93. The van der Waals surface area contributed by atoms with Gasteiger partial charge >= 0.3 is 5.97 Å². The lowest BCUT2D eigenvalue weighted by molar-refractivity contribution is -0.131. The van der Waals surface area contributed by atoms with Crippen molar-refractivity contribution in [1.82, 2.24) is 0 Å². The molecule has 0 radical (unpaired) electrons. The van der Waals surface area contributed by atoms with Crippen LogP contribution in [0.2, 0.25) is 0 Å². The summed E-state index contributed by atoms with van der Waals surface area (Å²) in [5.41, 5.74) is 0.778. The van der Waals surface area contributed by atoms with Crippen molar-refractivity contribution in [2.24, 2.45) is 0 Å². The van der Waals surface area contributed by atoms with Crippen molar-refractivity contribution >= 4 is 12.0 Å². The number of hydrogen-bond acceptors (Lipinski definition) is 4. The second-order valence-electron chi connectivity index (χ2n) is 3.70. The van der Waals surface area contributed by atoms with Gasteiger partial charge < -0.3 is 19.3 Å². The maximum absolute atomic E-state index is 10.4. The summed E-state index contributed by atoms with van der Waals surface area (Å²) in [7, 11) is 1.62. The number of ether oxygens (including phenoxy) is 3. The van der Waals surface area contributed by atoms with E-state index in [9.17, 15) is 4.79 Å². The van der Waals surface area contributed by atoms with Crippen molar-refractivity contribution in [3.63, 3.8) is 0 Å². The van der Waals surface area contributed by atoms with Crippen LogP contribution < -0.4 is 4.74 Å². The summed E-state index contributed by atoms with van der Waals surface area (Å²) < 4.78 is 15.6. The molecule has 0 fully saturated rings. The van der Waals surface area contributed by atoms with Crippen LogP contribution in [0.25, 0.3) is 6.08 Å². The Labute approximate surface area is 112 Å². The maximum Gasteiger partial charge on any atom is 0.328 e. The van der Waals surface area contributed by atoms with Gasteiger partial charge in [0.2, 0.25) is 0 Å². The zero-order valence-electron chi connectivity index (χ0n) is 10.9. The van der Waals surface area contributed by atoms with Crippen LogP contribution in [0.5, 0.6) is 5.75 Å². The van der Waals surface area contributed by atoms with E-state index >= 15 is 0 Å². The van der Waals surface area contributed by atoms with Gasteiger partial charge in [-0.15, -0.1) is 0 Å². The van der Waals surface area contributed by atoms with Gasteiger partial charge in [0.1, 0.15) is 12.4 Å². The van der Waals surface area contributed by atoms with Gasteiger partial charge in [0.25, 0.3) is 0 Å². The molecule has 0 heterocycles. The quantitative estimate of drug-likeness (QED) is 0.545. The summed E-state index contributed by atoms with van der Waals surface area (Å²) in [5.74, 6) is -0.291. The zero-order valence-corrected chi connectivity index (χ0v) is 10.9. The monoisotopic (exact) mass is 266 g/mol. The predicted molar refractivity (Wildman–Crippen MR) is 71.3 cm³/mol. The van der Waals surface area contributed by atoms with Gasteiger partial charge in [0.15, 0.2) is 0 Å². The summed E-state index contributed by atoms with van der Waals surface area (Å²) >= 11 is 0. The van der Waals surface area contributed by atoms with Gasteiger partial charge in [0, 0.05) is 13.2 Å². The molecular weight excluding hydrogens is 248 g/mol. The fourth-order valence-electron chi connectivity index (χ4n) is 1.34. The van der Waals surface area contributed by atoms with Gasteiger partial charge in [-0.05, 0) is 23.8 Å². The summed E-state index contributed by atoms with van der Waals surface area (Å²) in [5, 5.41) is 8.54. The van der Waals surface area contributed by atoms with E-state index in [-0.39, 0.29) is 0 Å². The Morgan fingerprint density at radius 1 is 1.26 bits per heavy atom. The molecule has 0 aliphatic heterocycles. The molecule has 1 aromatic carbocycles. The lowest BCUT2D eigenvalue weighted by atomic mass is 10.2. The van der Waals surface area contributed by atoms with E-state index in [2.05, 4.69) is 0 Å². The molecular formula is C14H18O5. The molecule has 0 spiro atoms. The van der Waals surface area contributed by atoms with Gasteiger partial charge in [-0.25, -0.2) is 4.79 Å². The first-order valence-corrected chi connectivity index (χ1v) is 5.93. The molecule has 0 saturated heterocycles. The molecule has 0 bridgehead atoms. The van der Waals surface area contributed by atoms with Crippen LogP contribution in [0.4, 0.5) is 0 Å². The smallest absolute Gasteiger partial charge is 0.328 e. The van der Waals surface area contributed by atoms with Crippen LogP contribution in [0.1, 0.15) is 5.56 Å². The van der Waals surface area contributed by atoms with Crippen molar-refractivity contribution in [1.29, 1.82) is 0 Å². The van der Waals surface area contributed by atoms with E-state index in [4.69, 9.17) is 19.3 Å². The van der Waals surface area contributed by atoms with E-state index in [1.54, 1.807) is 19.2 Å². The molecule has 0 aliphatic carbocycles. The number of rotatable bonds is 9. The third-order valence-electron chi connectivity index (χ3n) is 2.20. The summed E-state index contributed by atoms with van der Waals surface area (Å²) in [4.78, 5) is 10.4. The zero-order chi connectivity index (χ0) is 13.9. The maximum atomic E-state index is 10.4. The molecule has 0 saturated carbocycles. The first kappa shape index (κ1) is 15.2. The fraction of sp³-hybridized carbons (Fsp3) is 0.357. The molecule has 104 valence electrons. The lowest BCUT2D eigenvalue weighted by Crippen LogP contribution is -2.09. The van der Waals surface area contributed by atoms with Gasteiger partial charge in [-0.2, -0.15) is 0 Å². The molecule has 1 aromatic rings. The minimum atomic E-state index is -0.974. The van der Waals surface area contributed by atoms with Crippen molar-refractivity contribution in [3.8, 4) is 5.75 Å². The largest absolute Gasteiger partial charge is 0.491 e. The number of benzene rings is 1. The Balaban J connectivity index is 2.34. The van der Waals surface area contributed by atoms with E-state index in [1.807, 2.05) is 12.1 Å². The molecule has 1 N–H and O–H groups in total. The molecule has 0 atom stereocenters. The lowest BCUT2D eigenvalue weighted by Gasteiger charge is -2.07. The Morgan fingerprint density at radius 3 is 2.79 bits per heavy atom. The Kier molecular flexibility index (Phi) is 7.31. The van der Waals surface area contributed by atoms with Crippen LogP contribution in [0, 0.1) is 0 Å². The molecule has 1 rings (SSSR count). The van der Waals surface area contributed by atoms with Crippen LogP contribution in [0.15, 0.2) is 30.3 Å². The molecule has 0 aromatic heterocycles. The SMILES string of the molecule is COCCOCCOc1cccc(C=CC(=O)O)c1. The van der Waals surface area contributed by atoms with Crippen molar-refractivity contribution in [3.05, 3.63) is 35.9 Å². The van der Waals surface area contributed by atoms with E-state index in [1.165, 1.54) is 6.08 Å². The summed E-state index contributed by atoms with van der Waals surface area (Å²) in [6, 6.07) is 7.20. The summed E-state index contributed by atoms with van der Waals surface area (Å²) in [6.45, 7) is 2.03. The van der Waals surface area contributed by atoms with Gasteiger partial charge in [0.05, 0.1) is 19.8 Å². The van der Waals surface area contributed by atoms with Crippen LogP contribution in [0.3, 0.4) is 0 Å². The predicted octanol–water partition coefficient (Wildman–Crippen LogP) is 1.83. The highest BCUT2D eigenvalue weighted by Gasteiger charge is 1.96. The first-order chi connectivity index (χ1) is 9.22. The number of carbonyl (C=O) groups is 1. The molecule has 5 heteroatoms. The number of carboxylic acids is 1. The topological polar surface area (TPSA) is 65.0 Å². The average molecular weight is 266 g/mol. The Hall–Kier alpha value is -1.85. The normalized spacial score (nSPS) is 10.8. The highest BCUT2D eigenvalue weighted by molar-refractivity contribution is 5.85. The molecule has 5 nitrogen and oxygen atoms in total. The average Bonchev–Trinajstić information content (AvgIpc) is 2.41. The number of carboxylic acid groups (broad SMARTS) is 1. The third-order valence-corrected chi connectivity index (χ3v) is 2.20. The van der Waals surface area contributed by atoms with E-state index < -0.39 is 5.97 Å². The van der Waals surface area contributed by atoms with Crippen LogP contribution >= 0.6 is 0 Å². The Bertz CT molecular complexity index is 414. The molecule has 0 aliphatic rings. The molecule has 0 unspecified atom stereocenters. The van der Waals surface area contributed by atoms with Gasteiger partial charge in [-0.3, -0.25) is 0 Å².